The summed E-state index contributed by atoms with van der Waals surface area (Å²) in [5, 5.41) is 10.0. The Kier molecular flexibility index (Phi) is 11.7. The van der Waals surface area contributed by atoms with Gasteiger partial charge in [0.05, 0.1) is 5.76 Å². The van der Waals surface area contributed by atoms with Gasteiger partial charge in [-0.1, -0.05) is 13.8 Å². The van der Waals surface area contributed by atoms with Gasteiger partial charge < -0.3 is 5.11 Å². The van der Waals surface area contributed by atoms with E-state index in [1.54, 1.807) is 13.8 Å². The van der Waals surface area contributed by atoms with E-state index >= 15 is 0 Å². The third-order valence-corrected chi connectivity index (χ3v) is 10.5. The maximum Gasteiger partial charge on any atom is 0 e. The number of hydrogen-bond acceptors (Lipinski definition) is 3. The SMILES string of the molecule is CCC(=O)/C=C(\O)CC.Cc1[c-]c(-c2cc(-c3ccccc3)c3c[c]([Ge]([CH3])([CH3])[CH3])ccc3n2)cc(C)c1.[Ir]. The van der Waals surface area contributed by atoms with Crippen molar-refractivity contribution in [2.24, 2.45) is 0 Å². The van der Waals surface area contributed by atoms with Crippen LogP contribution < -0.4 is 4.40 Å². The van der Waals surface area contributed by atoms with Crippen molar-refractivity contribution in [3.05, 3.63) is 95.8 Å². The van der Waals surface area contributed by atoms with Crippen LogP contribution in [0.5, 0.6) is 0 Å². The van der Waals surface area contributed by atoms with E-state index in [0.717, 1.165) is 22.3 Å². The maximum absolute atomic E-state index is 10.5. The quantitative estimate of drug-likeness (QED) is 0.0935. The van der Waals surface area contributed by atoms with Gasteiger partial charge in [0.2, 0.25) is 0 Å². The van der Waals surface area contributed by atoms with Crippen LogP contribution in [0.1, 0.15) is 37.8 Å². The van der Waals surface area contributed by atoms with Crippen LogP contribution in [-0.4, -0.2) is 29.1 Å². The molecule has 1 N–H and O–H groups in total. The Balaban J connectivity index is 0.000000439. The summed E-state index contributed by atoms with van der Waals surface area (Å²) in [4.78, 5) is 15.6. The molecule has 3 nitrogen and oxygen atoms in total. The fourth-order valence-electron chi connectivity index (χ4n) is 4.11. The van der Waals surface area contributed by atoms with Crippen molar-refractivity contribution in [2.45, 2.75) is 57.8 Å². The van der Waals surface area contributed by atoms with Crippen molar-refractivity contribution < 1.29 is 30.0 Å². The number of pyridine rings is 1. The molecule has 5 heteroatoms. The van der Waals surface area contributed by atoms with E-state index in [-0.39, 0.29) is 31.6 Å². The molecule has 0 saturated heterocycles. The second kappa shape index (κ2) is 14.0. The van der Waals surface area contributed by atoms with Crippen molar-refractivity contribution in [1.82, 2.24) is 4.98 Å². The van der Waals surface area contributed by atoms with E-state index in [0.29, 0.717) is 12.8 Å². The van der Waals surface area contributed by atoms with Gasteiger partial charge in [0, 0.05) is 39.0 Å². The van der Waals surface area contributed by atoms with Gasteiger partial charge in [0.1, 0.15) is 0 Å². The normalized spacial score (nSPS) is 11.4. The summed E-state index contributed by atoms with van der Waals surface area (Å²) in [7, 11) is 0. The summed E-state index contributed by atoms with van der Waals surface area (Å²) >= 11 is -1.93. The van der Waals surface area contributed by atoms with Crippen LogP contribution in [0.15, 0.2) is 78.6 Å². The van der Waals surface area contributed by atoms with Crippen LogP contribution in [0.4, 0.5) is 0 Å². The molecule has 38 heavy (non-hydrogen) atoms. The molecule has 1 radical (unpaired) electrons. The van der Waals surface area contributed by atoms with Crippen LogP contribution >= 0.6 is 0 Å². The summed E-state index contributed by atoms with van der Waals surface area (Å²) in [6.45, 7) is 7.79. The molecule has 0 amide bonds. The number of rotatable bonds is 6. The van der Waals surface area contributed by atoms with Gasteiger partial charge >= 0.3 is 171 Å². The Labute approximate surface area is 244 Å². The van der Waals surface area contributed by atoms with Gasteiger partial charge in [-0.05, 0) is 0 Å². The summed E-state index contributed by atoms with van der Waals surface area (Å²) in [5.41, 5.74) is 7.98. The number of nitrogens with zero attached hydrogens (tertiary/aromatic N) is 1. The molecule has 0 bridgehead atoms. The minimum absolute atomic E-state index is 0. The van der Waals surface area contributed by atoms with Crippen molar-refractivity contribution in [3.8, 4) is 22.4 Å². The molecule has 0 aliphatic heterocycles. The number of ketones is 1. The van der Waals surface area contributed by atoms with Gasteiger partial charge in [0.25, 0.3) is 0 Å². The molecule has 0 unspecified atom stereocenters. The fourth-order valence-corrected chi connectivity index (χ4v) is 6.55. The molecule has 0 aliphatic carbocycles. The van der Waals surface area contributed by atoms with E-state index in [2.05, 4.69) is 104 Å². The zero-order valence-electron chi connectivity index (χ0n) is 23.5. The Bertz CT molecular complexity index is 1400. The summed E-state index contributed by atoms with van der Waals surface area (Å²) in [5.74, 6) is 7.47. The Morgan fingerprint density at radius 1 is 0.947 bits per heavy atom. The number of hydrogen-bond donors (Lipinski definition) is 1. The van der Waals surface area contributed by atoms with E-state index in [1.165, 1.54) is 32.5 Å². The Morgan fingerprint density at radius 2 is 1.63 bits per heavy atom. The molecule has 4 rings (SSSR count). The molecule has 1 aromatic heterocycles. The predicted molar refractivity (Wildman–Crippen MR) is 160 cm³/mol. The number of allylic oxidation sites excluding steroid dienone is 2. The van der Waals surface area contributed by atoms with Gasteiger partial charge in [-0.25, -0.2) is 0 Å². The van der Waals surface area contributed by atoms with Crippen molar-refractivity contribution in [1.29, 1.82) is 0 Å². The fraction of sp³-hybridized carbons (Fsp3) is 0.273. The minimum atomic E-state index is -1.93. The molecular weight excluding hydrogens is 707 g/mol. The Hall–Kier alpha value is -2.53. The number of fused-ring (bicyclic) bond motifs is 1. The summed E-state index contributed by atoms with van der Waals surface area (Å²) < 4.78 is 1.51. The largest absolute Gasteiger partial charge is 0 e. The molecule has 1 heterocycles. The zero-order valence-corrected chi connectivity index (χ0v) is 28.0. The molecular formula is C33H38GeIrNO2-. The maximum atomic E-state index is 10.5. The minimum Gasteiger partial charge on any atom is 0 e. The standard InChI is InChI=1S/C26H26GeN.C7H12O2.Ir/c1-18-13-19(2)15-21(14-18)26-17-23(20-9-7-6-8-10-20)24-16-22(27(3,4)5)11-12-25(24)28-26;1-3-6(8)5-7(9)4-2;/h6-14,16-17H,1-5H3;5,8H,3-4H2,1-2H3;/q-1;;/b;6-5-;. The number of carbonyl (C=O) groups excluding carboxylic acids is 1. The number of carbonyl (C=O) groups is 1. The topological polar surface area (TPSA) is 50.2 Å². The van der Waals surface area contributed by atoms with Crippen molar-refractivity contribution in [3.63, 3.8) is 0 Å². The third-order valence-electron chi connectivity index (χ3n) is 6.22. The summed E-state index contributed by atoms with van der Waals surface area (Å²) in [6.07, 6.45) is 2.27. The van der Waals surface area contributed by atoms with Crippen LogP contribution in [0.25, 0.3) is 33.3 Å². The molecule has 3 aromatic carbocycles. The number of aromatic nitrogens is 1. The van der Waals surface area contributed by atoms with E-state index in [9.17, 15) is 4.79 Å². The molecule has 4 aromatic rings. The van der Waals surface area contributed by atoms with E-state index in [1.807, 2.05) is 0 Å². The molecule has 0 saturated carbocycles. The van der Waals surface area contributed by atoms with Gasteiger partial charge in [-0.3, -0.25) is 4.79 Å². The van der Waals surface area contributed by atoms with Gasteiger partial charge in [-0.15, -0.1) is 0 Å². The first-order chi connectivity index (χ1) is 17.5. The number of aliphatic hydroxyl groups excluding tert-OH is 1. The zero-order chi connectivity index (χ0) is 27.2. The number of benzene rings is 3. The predicted octanol–water partition coefficient (Wildman–Crippen LogP) is 8.35. The smallest absolute Gasteiger partial charge is 0 e. The van der Waals surface area contributed by atoms with Crippen LogP contribution in [-0.2, 0) is 24.9 Å². The monoisotopic (exact) mass is 747 g/mol. The average Bonchev–Trinajstić information content (AvgIpc) is 2.87. The second-order valence-corrected chi connectivity index (χ2v) is 21.1. The number of aliphatic hydroxyl groups is 1. The molecule has 0 atom stereocenters. The van der Waals surface area contributed by atoms with Crippen LogP contribution in [0.3, 0.4) is 0 Å². The summed E-state index contributed by atoms with van der Waals surface area (Å²) in [6, 6.07) is 27.6. The van der Waals surface area contributed by atoms with Crippen molar-refractivity contribution >= 4 is 34.3 Å². The first kappa shape index (κ1) is 31.7. The Morgan fingerprint density at radius 3 is 2.21 bits per heavy atom. The first-order valence-corrected chi connectivity index (χ1v) is 20.3. The van der Waals surface area contributed by atoms with Crippen LogP contribution in [0, 0.1) is 19.9 Å². The molecule has 201 valence electrons. The average molecular weight is 745 g/mol. The van der Waals surface area contributed by atoms with Gasteiger partial charge in [0.15, 0.2) is 5.78 Å². The van der Waals surface area contributed by atoms with Crippen LogP contribution in [0.2, 0.25) is 17.3 Å². The van der Waals surface area contributed by atoms with E-state index in [4.69, 9.17) is 10.1 Å². The first-order valence-electron chi connectivity index (χ1n) is 13.0. The second-order valence-electron chi connectivity index (χ2n) is 10.5. The van der Waals surface area contributed by atoms with Crippen molar-refractivity contribution in [2.75, 3.05) is 0 Å². The van der Waals surface area contributed by atoms with Gasteiger partial charge in [-0.2, -0.15) is 0 Å². The molecule has 0 spiro atoms. The molecule has 0 aliphatic rings. The van der Waals surface area contributed by atoms with E-state index < -0.39 is 13.3 Å². The molecule has 0 fully saturated rings. The third kappa shape index (κ3) is 8.49. The number of aryl methyl sites for hydroxylation is 2.